The molecule has 4 nitrogen and oxygen atoms in total. The number of nitrogens with one attached hydrogen (secondary N) is 1. The van der Waals surface area contributed by atoms with E-state index in [1.165, 1.54) is 11.1 Å². The molecule has 1 fully saturated rings. The van der Waals surface area contributed by atoms with Crippen molar-refractivity contribution in [2.24, 2.45) is 0 Å². The van der Waals surface area contributed by atoms with E-state index in [4.69, 9.17) is 4.74 Å². The minimum Gasteiger partial charge on any atom is -0.376 e. The molecule has 1 aromatic carbocycles. The Bertz CT molecular complexity index is 579. The Morgan fingerprint density at radius 3 is 2.83 bits per heavy atom. The van der Waals surface area contributed by atoms with Crippen molar-refractivity contribution in [2.45, 2.75) is 64.0 Å². The lowest BCUT2D eigenvalue weighted by Gasteiger charge is -2.38. The highest BCUT2D eigenvalue weighted by molar-refractivity contribution is 5.75. The molecule has 4 heteroatoms. The maximum Gasteiger partial charge on any atom is 0.317 e. The lowest BCUT2D eigenvalue weighted by Crippen LogP contribution is -2.46. The van der Waals surface area contributed by atoms with Gasteiger partial charge in [0.05, 0.1) is 12.1 Å². The number of hydrogen-bond donors (Lipinski definition) is 1. The van der Waals surface area contributed by atoms with Crippen LogP contribution in [0.3, 0.4) is 0 Å². The summed E-state index contributed by atoms with van der Waals surface area (Å²) in [5, 5.41) is 3.27. The Labute approximate surface area is 145 Å². The summed E-state index contributed by atoms with van der Waals surface area (Å²) in [4.78, 5) is 14.6. The molecule has 24 heavy (non-hydrogen) atoms. The molecule has 132 valence electrons. The van der Waals surface area contributed by atoms with Gasteiger partial charge in [0.15, 0.2) is 0 Å². The van der Waals surface area contributed by atoms with Crippen molar-refractivity contribution >= 4 is 6.03 Å². The van der Waals surface area contributed by atoms with Crippen LogP contribution in [0.15, 0.2) is 24.3 Å². The van der Waals surface area contributed by atoms with Crippen molar-refractivity contribution < 1.29 is 9.53 Å². The number of carbonyl (C=O) groups is 1. The van der Waals surface area contributed by atoms with E-state index in [-0.39, 0.29) is 23.6 Å². The predicted molar refractivity (Wildman–Crippen MR) is 96.2 cm³/mol. The second-order valence-electron chi connectivity index (χ2n) is 7.69. The number of benzene rings is 1. The zero-order valence-electron chi connectivity index (χ0n) is 15.2. The molecule has 1 aromatic rings. The van der Waals surface area contributed by atoms with Gasteiger partial charge in [0.2, 0.25) is 0 Å². The van der Waals surface area contributed by atoms with Crippen LogP contribution in [0.5, 0.6) is 0 Å². The highest BCUT2D eigenvalue weighted by atomic mass is 16.5. The van der Waals surface area contributed by atoms with E-state index >= 15 is 0 Å². The number of hydrogen-bond acceptors (Lipinski definition) is 2. The van der Waals surface area contributed by atoms with E-state index in [1.54, 1.807) is 0 Å². The summed E-state index contributed by atoms with van der Waals surface area (Å²) in [7, 11) is 0. The number of ether oxygens (including phenoxy) is 1. The van der Waals surface area contributed by atoms with Gasteiger partial charge in [-0.25, -0.2) is 4.79 Å². The minimum atomic E-state index is 0.0347. The summed E-state index contributed by atoms with van der Waals surface area (Å²) in [6.45, 7) is 8.86. The molecule has 0 bridgehead atoms. The smallest absolute Gasteiger partial charge is 0.317 e. The topological polar surface area (TPSA) is 41.6 Å². The molecule has 0 spiro atoms. The monoisotopic (exact) mass is 330 g/mol. The standard InChI is InChI=1S/C20H30N2O2/c1-4-22(14-15-8-7-13-24-15)19(23)21-18-11-12-20(2,3)17-10-6-5-9-16(17)18/h5-6,9-10,15,18H,4,7-8,11-14H2,1-3H3,(H,21,23). The molecule has 1 heterocycles. The normalized spacial score (nSPS) is 25.1. The molecule has 1 N–H and O–H groups in total. The number of fused-ring (bicyclic) bond motifs is 1. The first kappa shape index (κ1) is 17.3. The molecule has 1 aliphatic heterocycles. The second kappa shape index (κ2) is 7.14. The van der Waals surface area contributed by atoms with Crippen LogP contribution < -0.4 is 5.32 Å². The van der Waals surface area contributed by atoms with E-state index in [0.29, 0.717) is 13.1 Å². The lowest BCUT2D eigenvalue weighted by atomic mass is 9.71. The summed E-state index contributed by atoms with van der Waals surface area (Å²) >= 11 is 0. The fourth-order valence-electron chi connectivity index (χ4n) is 3.99. The van der Waals surface area contributed by atoms with Crippen LogP contribution in [0.25, 0.3) is 0 Å². The Hall–Kier alpha value is -1.55. The summed E-state index contributed by atoms with van der Waals surface area (Å²) in [6, 6.07) is 8.69. The molecule has 2 unspecified atom stereocenters. The van der Waals surface area contributed by atoms with Crippen LogP contribution in [0.2, 0.25) is 0 Å². The molecule has 0 aromatic heterocycles. The summed E-state index contributed by atoms with van der Waals surface area (Å²) in [6.07, 6.45) is 4.45. The third-order valence-corrected chi connectivity index (χ3v) is 5.54. The quantitative estimate of drug-likeness (QED) is 0.906. The van der Waals surface area contributed by atoms with Gasteiger partial charge >= 0.3 is 6.03 Å². The first-order valence-electron chi connectivity index (χ1n) is 9.27. The second-order valence-corrected chi connectivity index (χ2v) is 7.69. The van der Waals surface area contributed by atoms with Crippen LogP contribution in [0.4, 0.5) is 4.79 Å². The van der Waals surface area contributed by atoms with Crippen molar-refractivity contribution in [3.63, 3.8) is 0 Å². The molecule has 1 aliphatic carbocycles. The van der Waals surface area contributed by atoms with Crippen LogP contribution in [-0.2, 0) is 10.2 Å². The number of urea groups is 1. The van der Waals surface area contributed by atoms with Gasteiger partial charge in [0.25, 0.3) is 0 Å². The van der Waals surface area contributed by atoms with E-state index < -0.39 is 0 Å². The minimum absolute atomic E-state index is 0.0347. The maximum atomic E-state index is 12.8. The summed E-state index contributed by atoms with van der Waals surface area (Å²) < 4.78 is 5.69. The molecule has 3 rings (SSSR count). The van der Waals surface area contributed by atoms with Gasteiger partial charge in [-0.15, -0.1) is 0 Å². The predicted octanol–water partition coefficient (Wildman–Crippen LogP) is 4.01. The van der Waals surface area contributed by atoms with Gasteiger partial charge in [-0.2, -0.15) is 0 Å². The Kier molecular flexibility index (Phi) is 5.14. The van der Waals surface area contributed by atoms with E-state index in [1.807, 2.05) is 11.8 Å². The van der Waals surface area contributed by atoms with Gasteiger partial charge in [0, 0.05) is 19.7 Å². The average Bonchev–Trinajstić information content (AvgIpc) is 3.08. The first-order chi connectivity index (χ1) is 11.5. The molecular weight excluding hydrogens is 300 g/mol. The van der Waals surface area contributed by atoms with Crippen molar-refractivity contribution in [1.82, 2.24) is 10.2 Å². The molecule has 2 aliphatic rings. The number of nitrogens with zero attached hydrogens (tertiary/aromatic N) is 1. The van der Waals surface area contributed by atoms with E-state index in [0.717, 1.165) is 32.3 Å². The summed E-state index contributed by atoms with van der Waals surface area (Å²) in [5.41, 5.74) is 2.82. The van der Waals surface area contributed by atoms with E-state index in [9.17, 15) is 4.79 Å². The highest BCUT2D eigenvalue weighted by Gasteiger charge is 2.33. The number of carbonyl (C=O) groups excluding carboxylic acids is 1. The highest BCUT2D eigenvalue weighted by Crippen LogP contribution is 2.41. The van der Waals surface area contributed by atoms with Crippen LogP contribution >= 0.6 is 0 Å². The first-order valence-corrected chi connectivity index (χ1v) is 9.27. The van der Waals surface area contributed by atoms with Crippen LogP contribution in [-0.4, -0.2) is 36.7 Å². The molecule has 0 radical (unpaired) electrons. The van der Waals surface area contributed by atoms with Gasteiger partial charge in [-0.3, -0.25) is 0 Å². The zero-order valence-corrected chi connectivity index (χ0v) is 15.2. The van der Waals surface area contributed by atoms with Crippen molar-refractivity contribution in [2.75, 3.05) is 19.7 Å². The van der Waals surface area contributed by atoms with Crippen molar-refractivity contribution in [3.8, 4) is 0 Å². The Morgan fingerprint density at radius 2 is 2.12 bits per heavy atom. The number of amides is 2. The van der Waals surface area contributed by atoms with Gasteiger partial charge < -0.3 is 15.0 Å². The largest absolute Gasteiger partial charge is 0.376 e. The fraction of sp³-hybridized carbons (Fsp3) is 0.650. The van der Waals surface area contributed by atoms with Gasteiger partial charge in [0.1, 0.15) is 0 Å². The lowest BCUT2D eigenvalue weighted by molar-refractivity contribution is 0.0819. The van der Waals surface area contributed by atoms with Crippen molar-refractivity contribution in [1.29, 1.82) is 0 Å². The molecule has 0 saturated carbocycles. The molecule has 1 saturated heterocycles. The molecule has 2 atom stereocenters. The zero-order chi connectivity index (χ0) is 17.2. The SMILES string of the molecule is CCN(CC1CCCO1)C(=O)NC1CCC(C)(C)c2ccccc21. The van der Waals surface area contributed by atoms with E-state index in [2.05, 4.69) is 43.4 Å². The maximum absolute atomic E-state index is 12.8. The van der Waals surface area contributed by atoms with Gasteiger partial charge in [-0.05, 0) is 49.1 Å². The number of rotatable bonds is 4. The third-order valence-electron chi connectivity index (χ3n) is 5.54. The average molecular weight is 330 g/mol. The Morgan fingerprint density at radius 1 is 1.33 bits per heavy atom. The Balaban J connectivity index is 1.69. The van der Waals surface area contributed by atoms with Crippen molar-refractivity contribution in [3.05, 3.63) is 35.4 Å². The molecule has 2 amide bonds. The fourth-order valence-corrected chi connectivity index (χ4v) is 3.99. The van der Waals surface area contributed by atoms with Crippen LogP contribution in [0.1, 0.15) is 63.6 Å². The van der Waals surface area contributed by atoms with Gasteiger partial charge in [-0.1, -0.05) is 38.1 Å². The van der Waals surface area contributed by atoms with Crippen LogP contribution in [0, 0.1) is 0 Å². The third kappa shape index (κ3) is 3.59. The number of likely N-dealkylation sites (N-methyl/N-ethyl adjacent to an activating group) is 1. The molecular formula is C20H30N2O2. The summed E-state index contributed by atoms with van der Waals surface area (Å²) in [5.74, 6) is 0.